The Hall–Kier alpha value is -1.50. The Balaban J connectivity index is 1.85. The van der Waals surface area contributed by atoms with Crippen LogP contribution in [0.1, 0.15) is 38.5 Å². The van der Waals surface area contributed by atoms with Crippen molar-refractivity contribution in [2.75, 3.05) is 0 Å². The lowest BCUT2D eigenvalue weighted by Crippen LogP contribution is -2.15. The highest BCUT2D eigenvalue weighted by molar-refractivity contribution is 5.88. The van der Waals surface area contributed by atoms with E-state index < -0.39 is 0 Å². The molecule has 1 saturated carbocycles. The lowest BCUT2D eigenvalue weighted by atomic mass is 10.1. The Labute approximate surface area is 109 Å². The van der Waals surface area contributed by atoms with Crippen LogP contribution in [0.5, 0.6) is 5.75 Å². The molecule has 1 fully saturated rings. The summed E-state index contributed by atoms with van der Waals surface area (Å²) in [5, 5.41) is 2.51. The third kappa shape index (κ3) is 2.50. The minimum atomic E-state index is 0.415. The summed E-state index contributed by atoms with van der Waals surface area (Å²) < 4.78 is 6.25. The lowest BCUT2D eigenvalue weighted by molar-refractivity contribution is 0.186. The molecule has 2 aromatic rings. The van der Waals surface area contributed by atoms with Gasteiger partial charge in [-0.15, -0.1) is 0 Å². The summed E-state index contributed by atoms with van der Waals surface area (Å²) in [5.41, 5.74) is 0. The molecular formula is C17H20O. The van der Waals surface area contributed by atoms with Crippen molar-refractivity contribution in [3.63, 3.8) is 0 Å². The highest BCUT2D eigenvalue weighted by atomic mass is 16.5. The minimum Gasteiger partial charge on any atom is -0.490 e. The standard InChI is InChI=1S/C17H20O/c1-2-4-11-15(10-3-1)18-17-13-7-9-14-8-5-6-12-16(14)17/h5-9,12-13,15H,1-4,10-11H2. The molecule has 0 unspecified atom stereocenters. The zero-order chi connectivity index (χ0) is 12.2. The maximum absolute atomic E-state index is 6.25. The molecular weight excluding hydrogens is 220 g/mol. The molecule has 18 heavy (non-hydrogen) atoms. The smallest absolute Gasteiger partial charge is 0.127 e. The minimum absolute atomic E-state index is 0.415. The molecule has 94 valence electrons. The van der Waals surface area contributed by atoms with Gasteiger partial charge in [0.1, 0.15) is 5.75 Å². The zero-order valence-corrected chi connectivity index (χ0v) is 10.8. The van der Waals surface area contributed by atoms with Crippen LogP contribution in [0.25, 0.3) is 10.8 Å². The van der Waals surface area contributed by atoms with Crippen LogP contribution >= 0.6 is 0 Å². The van der Waals surface area contributed by atoms with Gasteiger partial charge in [0.05, 0.1) is 6.10 Å². The Morgan fingerprint density at radius 3 is 2.33 bits per heavy atom. The van der Waals surface area contributed by atoms with Crippen LogP contribution in [0.15, 0.2) is 42.5 Å². The molecule has 0 aromatic heterocycles. The van der Waals surface area contributed by atoms with Gasteiger partial charge in [-0.3, -0.25) is 0 Å². The molecule has 0 N–H and O–H groups in total. The summed E-state index contributed by atoms with van der Waals surface area (Å²) in [6, 6.07) is 14.8. The Morgan fingerprint density at radius 2 is 1.50 bits per heavy atom. The van der Waals surface area contributed by atoms with Gasteiger partial charge >= 0.3 is 0 Å². The average molecular weight is 240 g/mol. The van der Waals surface area contributed by atoms with Gasteiger partial charge in [-0.1, -0.05) is 49.2 Å². The molecule has 0 amide bonds. The zero-order valence-electron chi connectivity index (χ0n) is 10.8. The monoisotopic (exact) mass is 240 g/mol. The van der Waals surface area contributed by atoms with Gasteiger partial charge in [0, 0.05) is 5.39 Å². The van der Waals surface area contributed by atoms with E-state index in [1.54, 1.807) is 0 Å². The first-order valence-corrected chi connectivity index (χ1v) is 7.08. The summed E-state index contributed by atoms with van der Waals surface area (Å²) in [5.74, 6) is 1.06. The fourth-order valence-electron chi connectivity index (χ4n) is 2.84. The normalized spacial score (nSPS) is 17.6. The Bertz CT molecular complexity index is 505. The van der Waals surface area contributed by atoms with Gasteiger partial charge in [-0.05, 0) is 37.1 Å². The summed E-state index contributed by atoms with van der Waals surface area (Å²) >= 11 is 0. The number of fused-ring (bicyclic) bond motifs is 1. The second-order valence-electron chi connectivity index (χ2n) is 5.21. The first-order chi connectivity index (χ1) is 8.93. The van der Waals surface area contributed by atoms with Crippen molar-refractivity contribution in [3.05, 3.63) is 42.5 Å². The molecule has 1 aliphatic rings. The third-order valence-corrected chi connectivity index (χ3v) is 3.85. The summed E-state index contributed by atoms with van der Waals surface area (Å²) in [6.07, 6.45) is 8.21. The second-order valence-corrected chi connectivity index (χ2v) is 5.21. The maximum atomic E-state index is 6.25. The molecule has 0 atom stereocenters. The van der Waals surface area contributed by atoms with Crippen LogP contribution in [0.4, 0.5) is 0 Å². The maximum Gasteiger partial charge on any atom is 0.127 e. The molecule has 0 aliphatic heterocycles. The van der Waals surface area contributed by atoms with Gasteiger partial charge < -0.3 is 4.74 Å². The van der Waals surface area contributed by atoms with Crippen molar-refractivity contribution in [2.45, 2.75) is 44.6 Å². The molecule has 0 spiro atoms. The largest absolute Gasteiger partial charge is 0.490 e. The van der Waals surface area contributed by atoms with E-state index in [9.17, 15) is 0 Å². The quantitative estimate of drug-likeness (QED) is 0.675. The number of hydrogen-bond acceptors (Lipinski definition) is 1. The highest BCUT2D eigenvalue weighted by Crippen LogP contribution is 2.29. The Kier molecular flexibility index (Phi) is 3.49. The third-order valence-electron chi connectivity index (χ3n) is 3.85. The van der Waals surface area contributed by atoms with E-state index in [4.69, 9.17) is 4.74 Å². The number of hydrogen-bond donors (Lipinski definition) is 0. The number of benzene rings is 2. The van der Waals surface area contributed by atoms with E-state index in [0.29, 0.717) is 6.10 Å². The SMILES string of the molecule is c1ccc2c(OC3CCCCCC3)cccc2c1. The van der Waals surface area contributed by atoms with E-state index in [0.717, 1.165) is 5.75 Å². The molecule has 0 bridgehead atoms. The predicted molar refractivity (Wildman–Crippen MR) is 76.1 cm³/mol. The summed E-state index contributed by atoms with van der Waals surface area (Å²) in [6.45, 7) is 0. The van der Waals surface area contributed by atoms with Crippen LogP contribution in [0.3, 0.4) is 0 Å². The average Bonchev–Trinajstić information content (AvgIpc) is 2.68. The van der Waals surface area contributed by atoms with Gasteiger partial charge in [-0.25, -0.2) is 0 Å². The molecule has 3 rings (SSSR count). The summed E-state index contributed by atoms with van der Waals surface area (Å²) in [4.78, 5) is 0. The van der Waals surface area contributed by atoms with Gasteiger partial charge in [-0.2, -0.15) is 0 Å². The highest BCUT2D eigenvalue weighted by Gasteiger charge is 2.14. The predicted octanol–water partition coefficient (Wildman–Crippen LogP) is 4.94. The van der Waals surface area contributed by atoms with Crippen LogP contribution in [-0.2, 0) is 0 Å². The van der Waals surface area contributed by atoms with Crippen molar-refractivity contribution in [1.29, 1.82) is 0 Å². The second kappa shape index (κ2) is 5.43. The van der Waals surface area contributed by atoms with Crippen LogP contribution < -0.4 is 4.74 Å². The molecule has 1 nitrogen and oxygen atoms in total. The number of rotatable bonds is 2. The molecule has 1 heteroatoms. The lowest BCUT2D eigenvalue weighted by Gasteiger charge is -2.18. The molecule has 0 heterocycles. The van der Waals surface area contributed by atoms with Gasteiger partial charge in [0.15, 0.2) is 0 Å². The van der Waals surface area contributed by atoms with Crippen LogP contribution in [-0.4, -0.2) is 6.10 Å². The first-order valence-electron chi connectivity index (χ1n) is 7.08. The first kappa shape index (κ1) is 11.6. The van der Waals surface area contributed by atoms with E-state index in [-0.39, 0.29) is 0 Å². The molecule has 0 radical (unpaired) electrons. The van der Waals surface area contributed by atoms with E-state index in [2.05, 4.69) is 42.5 Å². The van der Waals surface area contributed by atoms with Crippen molar-refractivity contribution in [3.8, 4) is 5.75 Å². The number of ether oxygens (including phenoxy) is 1. The fourth-order valence-corrected chi connectivity index (χ4v) is 2.84. The van der Waals surface area contributed by atoms with Crippen molar-refractivity contribution >= 4 is 10.8 Å². The van der Waals surface area contributed by atoms with E-state index in [1.165, 1.54) is 49.3 Å². The van der Waals surface area contributed by atoms with Crippen molar-refractivity contribution in [1.82, 2.24) is 0 Å². The van der Waals surface area contributed by atoms with Crippen LogP contribution in [0, 0.1) is 0 Å². The van der Waals surface area contributed by atoms with E-state index in [1.807, 2.05) is 0 Å². The summed E-state index contributed by atoms with van der Waals surface area (Å²) in [7, 11) is 0. The topological polar surface area (TPSA) is 9.23 Å². The molecule has 1 aliphatic carbocycles. The van der Waals surface area contributed by atoms with Crippen LogP contribution in [0.2, 0.25) is 0 Å². The molecule has 2 aromatic carbocycles. The fraction of sp³-hybridized carbons (Fsp3) is 0.412. The molecule has 0 saturated heterocycles. The van der Waals surface area contributed by atoms with E-state index >= 15 is 0 Å². The Morgan fingerprint density at radius 1 is 0.778 bits per heavy atom. The van der Waals surface area contributed by atoms with Crippen molar-refractivity contribution < 1.29 is 4.74 Å². The van der Waals surface area contributed by atoms with Crippen molar-refractivity contribution in [2.24, 2.45) is 0 Å². The van der Waals surface area contributed by atoms with Gasteiger partial charge in [0.2, 0.25) is 0 Å². The van der Waals surface area contributed by atoms with Gasteiger partial charge in [0.25, 0.3) is 0 Å².